The lowest BCUT2D eigenvalue weighted by molar-refractivity contribution is -0.142. The van der Waals surface area contributed by atoms with E-state index in [1.807, 2.05) is 30.3 Å². The highest BCUT2D eigenvalue weighted by atomic mass is 16.5. The maximum Gasteiger partial charge on any atom is 0.328 e. The lowest BCUT2D eigenvalue weighted by atomic mass is 10.1. The zero-order valence-electron chi connectivity index (χ0n) is 13.4. The number of rotatable bonds is 5. The van der Waals surface area contributed by atoms with Gasteiger partial charge in [0.25, 0.3) is 5.91 Å². The van der Waals surface area contributed by atoms with Crippen molar-refractivity contribution in [3.05, 3.63) is 47.7 Å². The molecule has 1 aromatic carbocycles. The molecule has 7 heteroatoms. The Bertz CT molecular complexity index is 727. The highest BCUT2D eigenvalue weighted by Gasteiger charge is 2.27. The lowest BCUT2D eigenvalue weighted by Gasteiger charge is -2.18. The van der Waals surface area contributed by atoms with Crippen LogP contribution in [0, 0.1) is 0 Å². The van der Waals surface area contributed by atoms with Gasteiger partial charge in [-0.1, -0.05) is 30.3 Å². The largest absolute Gasteiger partial charge is 0.477 e. The Morgan fingerprint density at radius 2 is 2.17 bits per heavy atom. The van der Waals surface area contributed by atoms with Crippen molar-refractivity contribution in [2.24, 2.45) is 0 Å². The van der Waals surface area contributed by atoms with Crippen LogP contribution in [-0.4, -0.2) is 41.4 Å². The van der Waals surface area contributed by atoms with E-state index >= 15 is 0 Å². The van der Waals surface area contributed by atoms with E-state index in [2.05, 4.69) is 10.4 Å². The van der Waals surface area contributed by atoms with E-state index < -0.39 is 17.9 Å². The van der Waals surface area contributed by atoms with Crippen LogP contribution in [0.25, 0.3) is 0 Å². The standard InChI is InChI=1S/C17H19N3O4/c1-23-17(22)14(10-12-6-3-2-4-7-12)19-15(21)13-11-18-20-8-5-9-24-16(13)20/h2-4,6-7,11,14H,5,8-10H2,1H3,(H,19,21)/t14-/m1/s1. The monoisotopic (exact) mass is 329 g/mol. The minimum absolute atomic E-state index is 0.330. The number of benzene rings is 1. The van der Waals surface area contributed by atoms with Gasteiger partial charge in [-0.3, -0.25) is 4.79 Å². The molecule has 7 nitrogen and oxygen atoms in total. The molecule has 24 heavy (non-hydrogen) atoms. The second-order valence-electron chi connectivity index (χ2n) is 5.53. The molecule has 0 saturated heterocycles. The van der Waals surface area contributed by atoms with Crippen molar-refractivity contribution >= 4 is 11.9 Å². The minimum Gasteiger partial charge on any atom is -0.477 e. The van der Waals surface area contributed by atoms with Crippen LogP contribution < -0.4 is 10.1 Å². The average molecular weight is 329 g/mol. The summed E-state index contributed by atoms with van der Waals surface area (Å²) in [7, 11) is 1.30. The van der Waals surface area contributed by atoms with Gasteiger partial charge in [-0.15, -0.1) is 0 Å². The van der Waals surface area contributed by atoms with E-state index in [9.17, 15) is 9.59 Å². The predicted molar refractivity (Wildman–Crippen MR) is 85.8 cm³/mol. The molecule has 0 spiro atoms. The van der Waals surface area contributed by atoms with Crippen LogP contribution in [-0.2, 0) is 22.5 Å². The van der Waals surface area contributed by atoms with Gasteiger partial charge in [-0.25, -0.2) is 9.48 Å². The summed E-state index contributed by atoms with van der Waals surface area (Å²) in [5, 5.41) is 6.87. The Kier molecular flexibility index (Phi) is 4.79. The van der Waals surface area contributed by atoms with Gasteiger partial charge in [0, 0.05) is 19.4 Å². The van der Waals surface area contributed by atoms with Gasteiger partial charge in [-0.05, 0) is 5.56 Å². The molecule has 2 aromatic rings. The summed E-state index contributed by atoms with van der Waals surface area (Å²) in [6, 6.07) is 8.68. The first-order valence-electron chi connectivity index (χ1n) is 7.80. The highest BCUT2D eigenvalue weighted by Crippen LogP contribution is 2.22. The molecule has 0 bridgehead atoms. The molecule has 2 heterocycles. The molecule has 1 amide bonds. The number of methoxy groups -OCH3 is 1. The first-order valence-corrected chi connectivity index (χ1v) is 7.80. The molecule has 1 N–H and O–H groups in total. The topological polar surface area (TPSA) is 82.5 Å². The van der Waals surface area contributed by atoms with Gasteiger partial charge in [-0.2, -0.15) is 5.10 Å². The normalized spacial score (nSPS) is 14.2. The van der Waals surface area contributed by atoms with Crippen molar-refractivity contribution < 1.29 is 19.1 Å². The van der Waals surface area contributed by atoms with Gasteiger partial charge < -0.3 is 14.8 Å². The number of aromatic nitrogens is 2. The first-order chi connectivity index (χ1) is 11.7. The van der Waals surface area contributed by atoms with E-state index in [1.54, 1.807) is 4.68 Å². The van der Waals surface area contributed by atoms with Crippen molar-refractivity contribution in [2.75, 3.05) is 13.7 Å². The molecule has 0 radical (unpaired) electrons. The Labute approximate surface area is 139 Å². The van der Waals surface area contributed by atoms with E-state index in [0.717, 1.165) is 12.0 Å². The van der Waals surface area contributed by atoms with Crippen LogP contribution in [0.1, 0.15) is 22.3 Å². The Balaban J connectivity index is 1.76. The number of nitrogens with one attached hydrogen (secondary N) is 1. The average Bonchev–Trinajstić information content (AvgIpc) is 3.05. The molecule has 1 aliphatic heterocycles. The summed E-state index contributed by atoms with van der Waals surface area (Å²) in [6.45, 7) is 1.27. The third-order valence-corrected chi connectivity index (χ3v) is 3.86. The van der Waals surface area contributed by atoms with Gasteiger partial charge in [0.1, 0.15) is 11.6 Å². The van der Waals surface area contributed by atoms with E-state index in [4.69, 9.17) is 9.47 Å². The summed E-state index contributed by atoms with van der Waals surface area (Å²) in [4.78, 5) is 24.6. The van der Waals surface area contributed by atoms with E-state index in [-0.39, 0.29) is 0 Å². The molecule has 0 saturated carbocycles. The molecule has 0 unspecified atom stereocenters. The predicted octanol–water partition coefficient (Wildman–Crippen LogP) is 1.18. The van der Waals surface area contributed by atoms with Gasteiger partial charge in [0.15, 0.2) is 0 Å². The number of carbonyl (C=O) groups excluding carboxylic acids is 2. The number of carbonyl (C=O) groups is 2. The highest BCUT2D eigenvalue weighted by molar-refractivity contribution is 5.98. The minimum atomic E-state index is -0.774. The molecule has 1 aliphatic rings. The number of amides is 1. The lowest BCUT2D eigenvalue weighted by Crippen LogP contribution is -2.43. The fraction of sp³-hybridized carbons (Fsp3) is 0.353. The number of aryl methyl sites for hydroxylation is 1. The SMILES string of the molecule is COC(=O)[C@@H](Cc1ccccc1)NC(=O)c1cnn2c1OCCC2. The van der Waals surface area contributed by atoms with Gasteiger partial charge in [0.2, 0.25) is 5.88 Å². The zero-order chi connectivity index (χ0) is 16.9. The van der Waals surface area contributed by atoms with Crippen LogP contribution in [0.15, 0.2) is 36.5 Å². The summed E-state index contributed by atoms with van der Waals surface area (Å²) in [5.41, 5.74) is 1.26. The number of hydrogen-bond acceptors (Lipinski definition) is 5. The van der Waals surface area contributed by atoms with Crippen LogP contribution >= 0.6 is 0 Å². The van der Waals surface area contributed by atoms with Crippen LogP contribution in [0.3, 0.4) is 0 Å². The summed E-state index contributed by atoms with van der Waals surface area (Å²) in [6.07, 6.45) is 2.67. The summed E-state index contributed by atoms with van der Waals surface area (Å²) < 4.78 is 12.0. The van der Waals surface area contributed by atoms with Crippen molar-refractivity contribution in [1.29, 1.82) is 0 Å². The van der Waals surface area contributed by atoms with Gasteiger partial charge in [0.05, 0.1) is 19.9 Å². The van der Waals surface area contributed by atoms with Gasteiger partial charge >= 0.3 is 5.97 Å². The number of nitrogens with zero attached hydrogens (tertiary/aromatic N) is 2. The second kappa shape index (κ2) is 7.16. The number of esters is 1. The first kappa shape index (κ1) is 16.0. The van der Waals surface area contributed by atoms with Crippen LogP contribution in [0.2, 0.25) is 0 Å². The summed E-state index contributed by atoms with van der Waals surface area (Å²) in [5.74, 6) is -0.444. The molecule has 126 valence electrons. The van der Waals surface area contributed by atoms with Crippen LogP contribution in [0.5, 0.6) is 5.88 Å². The maximum atomic E-state index is 12.5. The Morgan fingerprint density at radius 1 is 1.38 bits per heavy atom. The number of hydrogen-bond donors (Lipinski definition) is 1. The van der Waals surface area contributed by atoms with Crippen LogP contribution in [0.4, 0.5) is 0 Å². The third kappa shape index (κ3) is 3.40. The molecule has 3 rings (SSSR count). The molecule has 0 fully saturated rings. The molecular weight excluding hydrogens is 310 g/mol. The molecule has 0 aliphatic carbocycles. The Morgan fingerprint density at radius 3 is 2.92 bits per heavy atom. The second-order valence-corrected chi connectivity index (χ2v) is 5.53. The molecule has 1 aromatic heterocycles. The quantitative estimate of drug-likeness (QED) is 0.833. The van der Waals surface area contributed by atoms with E-state index in [1.165, 1.54) is 13.3 Å². The van der Waals surface area contributed by atoms with Crippen molar-refractivity contribution in [1.82, 2.24) is 15.1 Å². The fourth-order valence-corrected chi connectivity index (χ4v) is 2.65. The Hall–Kier alpha value is -2.83. The fourth-order valence-electron chi connectivity index (χ4n) is 2.65. The summed E-state index contributed by atoms with van der Waals surface area (Å²) >= 11 is 0. The number of ether oxygens (including phenoxy) is 2. The molecule has 1 atom stereocenters. The zero-order valence-corrected chi connectivity index (χ0v) is 13.4. The maximum absolute atomic E-state index is 12.5. The van der Waals surface area contributed by atoms with Crippen molar-refractivity contribution in [3.8, 4) is 5.88 Å². The van der Waals surface area contributed by atoms with E-state index in [0.29, 0.717) is 31.0 Å². The smallest absolute Gasteiger partial charge is 0.328 e. The van der Waals surface area contributed by atoms with Crippen molar-refractivity contribution in [2.45, 2.75) is 25.4 Å². The number of fused-ring (bicyclic) bond motifs is 1. The third-order valence-electron chi connectivity index (χ3n) is 3.86. The molecular formula is C17H19N3O4. The van der Waals surface area contributed by atoms with Crippen molar-refractivity contribution in [3.63, 3.8) is 0 Å².